The summed E-state index contributed by atoms with van der Waals surface area (Å²) >= 11 is 6.02. The lowest BCUT2D eigenvalue weighted by Crippen LogP contribution is -2.33. The van der Waals surface area contributed by atoms with Crippen LogP contribution < -0.4 is 11.2 Å². The van der Waals surface area contributed by atoms with E-state index in [9.17, 15) is 32.0 Å². The van der Waals surface area contributed by atoms with Crippen molar-refractivity contribution >= 4 is 43.2 Å². The van der Waals surface area contributed by atoms with Crippen LogP contribution in [0.4, 0.5) is 8.78 Å². The second kappa shape index (κ2) is 7.12. The zero-order valence-corrected chi connectivity index (χ0v) is 18.2. The number of halogens is 3. The van der Waals surface area contributed by atoms with Crippen LogP contribution >= 0.6 is 11.6 Å². The lowest BCUT2D eigenvalue weighted by atomic mass is 10.2. The highest BCUT2D eigenvalue weighted by Crippen LogP contribution is 2.50. The quantitative estimate of drug-likeness (QED) is 0.409. The zero-order valence-electron chi connectivity index (χ0n) is 16.6. The Labute approximate surface area is 188 Å². The van der Waals surface area contributed by atoms with Crippen molar-refractivity contribution in [2.24, 2.45) is 5.92 Å². The van der Waals surface area contributed by atoms with E-state index in [0.717, 1.165) is 6.07 Å². The molecule has 5 rings (SSSR count). The summed E-state index contributed by atoms with van der Waals surface area (Å²) < 4.78 is 54.6. The molecule has 0 bridgehead atoms. The Hall–Kier alpha value is -3.25. The molecule has 1 fully saturated rings. The van der Waals surface area contributed by atoms with E-state index in [1.807, 2.05) is 0 Å². The summed E-state index contributed by atoms with van der Waals surface area (Å²) in [5.41, 5.74) is -2.30. The fourth-order valence-corrected chi connectivity index (χ4v) is 5.53. The van der Waals surface area contributed by atoms with Crippen LogP contribution in [-0.4, -0.2) is 39.0 Å². The van der Waals surface area contributed by atoms with Crippen LogP contribution in [0.1, 0.15) is 12.8 Å². The number of aryl methyl sites for hydroxylation is 1. The Morgan fingerprint density at radius 1 is 1.24 bits per heavy atom. The minimum Gasteiger partial charge on any atom is -0.421 e. The van der Waals surface area contributed by atoms with E-state index in [4.69, 9.17) is 11.6 Å². The summed E-state index contributed by atoms with van der Waals surface area (Å²) in [5, 5.41) is 13.9. The normalized spacial score (nSPS) is 17.6. The highest BCUT2D eigenvalue weighted by molar-refractivity contribution is 7.91. The van der Waals surface area contributed by atoms with E-state index in [1.165, 1.54) is 35.1 Å². The van der Waals surface area contributed by atoms with Gasteiger partial charge in [-0.05, 0) is 36.8 Å². The summed E-state index contributed by atoms with van der Waals surface area (Å²) in [5.74, 6) is -3.37. The zero-order chi connectivity index (χ0) is 23.7. The fraction of sp³-hybridized carbons (Fsp3) is 0.250. The van der Waals surface area contributed by atoms with E-state index >= 15 is 0 Å². The average Bonchev–Trinajstić information content (AvgIpc) is 3.18. The molecule has 9 nitrogen and oxygen atoms in total. The monoisotopic (exact) mass is 496 g/mol. The molecule has 2 aromatic heterocycles. The molecule has 1 atom stereocenters. The summed E-state index contributed by atoms with van der Waals surface area (Å²) in [6, 6.07) is 6.54. The molecule has 2 N–H and O–H groups in total. The largest absolute Gasteiger partial charge is 0.421 e. The van der Waals surface area contributed by atoms with E-state index in [1.54, 1.807) is 0 Å². The van der Waals surface area contributed by atoms with E-state index < -0.39 is 32.9 Å². The van der Waals surface area contributed by atoms with Crippen molar-refractivity contribution < 1.29 is 22.4 Å². The molecule has 1 aliphatic carbocycles. The molecule has 172 valence electrons. The van der Waals surface area contributed by atoms with Crippen LogP contribution in [0, 0.1) is 5.92 Å². The second-order valence-electron chi connectivity index (χ2n) is 7.89. The van der Waals surface area contributed by atoms with Gasteiger partial charge in [-0.1, -0.05) is 16.3 Å². The highest BCUT2D eigenvalue weighted by atomic mass is 35.5. The first-order valence-electron chi connectivity index (χ1n) is 9.76. The predicted molar refractivity (Wildman–Crippen MR) is 114 cm³/mol. The summed E-state index contributed by atoms with van der Waals surface area (Å²) in [6.45, 7) is 0.195. The maximum Gasteiger partial charge on any atom is 0.362 e. The van der Waals surface area contributed by atoms with Crippen LogP contribution in [-0.2, 0) is 16.4 Å². The molecule has 0 aliphatic heterocycles. The Balaban J connectivity index is 1.62. The molecule has 2 aromatic carbocycles. The fourth-order valence-electron chi connectivity index (χ4n) is 3.86. The van der Waals surface area contributed by atoms with Crippen molar-refractivity contribution in [3.05, 3.63) is 62.4 Å². The van der Waals surface area contributed by atoms with Crippen LogP contribution in [0.25, 0.3) is 21.8 Å². The van der Waals surface area contributed by atoms with Crippen molar-refractivity contribution in [1.82, 2.24) is 19.5 Å². The predicted octanol–water partition coefficient (Wildman–Crippen LogP) is 2.81. The van der Waals surface area contributed by atoms with Gasteiger partial charge in [0.05, 0.1) is 37.4 Å². The van der Waals surface area contributed by atoms with Crippen molar-refractivity contribution in [3.63, 3.8) is 0 Å². The van der Waals surface area contributed by atoms with Crippen LogP contribution in [0.2, 0.25) is 5.02 Å². The minimum absolute atomic E-state index is 0.154. The van der Waals surface area contributed by atoms with Crippen molar-refractivity contribution in [2.75, 3.05) is 0 Å². The van der Waals surface area contributed by atoms with Gasteiger partial charge in [0, 0.05) is 24.3 Å². The molecule has 0 radical (unpaired) electrons. The number of H-pyrrole nitrogens is 1. The van der Waals surface area contributed by atoms with Crippen molar-refractivity contribution in [1.29, 1.82) is 0 Å². The first kappa shape index (κ1) is 21.6. The Bertz CT molecular complexity index is 1680. The molecule has 1 aliphatic rings. The number of sulfone groups is 1. The van der Waals surface area contributed by atoms with Gasteiger partial charge in [0.2, 0.25) is 9.84 Å². The van der Waals surface area contributed by atoms with E-state index in [-0.39, 0.29) is 49.8 Å². The van der Waals surface area contributed by atoms with Crippen LogP contribution in [0.3, 0.4) is 0 Å². The topological polar surface area (TPSA) is 127 Å². The maximum atomic E-state index is 13.4. The molecule has 0 spiro atoms. The maximum absolute atomic E-state index is 13.4. The first-order valence-corrected chi connectivity index (χ1v) is 11.6. The summed E-state index contributed by atoms with van der Waals surface area (Å²) in [7, 11) is -4.27. The number of hydrogen-bond acceptors (Lipinski definition) is 6. The number of nitrogens with one attached hydrogen (secondary N) is 1. The van der Waals surface area contributed by atoms with Gasteiger partial charge in [-0.3, -0.25) is 9.48 Å². The second-order valence-corrected chi connectivity index (χ2v) is 10.2. The van der Waals surface area contributed by atoms with Gasteiger partial charge in [0.25, 0.3) is 11.5 Å². The first-order chi connectivity index (χ1) is 15.5. The van der Waals surface area contributed by atoms with Gasteiger partial charge < -0.3 is 10.2 Å². The Kier molecular flexibility index (Phi) is 4.66. The number of nitrogens with zero attached hydrogens (tertiary/aromatic N) is 3. The van der Waals surface area contributed by atoms with E-state index in [0.29, 0.717) is 10.9 Å². The van der Waals surface area contributed by atoms with E-state index in [2.05, 4.69) is 10.1 Å². The molecule has 1 unspecified atom stereocenters. The number of hydrogen-bond donors (Lipinski definition) is 2. The molecule has 0 saturated heterocycles. The molecular weight excluding hydrogens is 482 g/mol. The van der Waals surface area contributed by atoms with Gasteiger partial charge in [-0.25, -0.2) is 22.0 Å². The molecular formula is C20H15ClF2N4O5S. The third-order valence-electron chi connectivity index (χ3n) is 5.81. The molecule has 13 heteroatoms. The number of aromatic amines is 1. The molecule has 33 heavy (non-hydrogen) atoms. The lowest BCUT2D eigenvalue weighted by molar-refractivity contribution is 0.0959. The van der Waals surface area contributed by atoms with Gasteiger partial charge >= 0.3 is 5.69 Å². The number of fused-ring (bicyclic) bond motifs is 2. The SMILES string of the molecule is O=c1[nH]c2c(S(=O)(=O)c3ccc4cnn(CCC5CC5(F)F)c4c3)ccc(Cl)c2c(=O)n1O. The number of benzene rings is 2. The van der Waals surface area contributed by atoms with Gasteiger partial charge in [-0.15, -0.1) is 0 Å². The Morgan fingerprint density at radius 3 is 2.67 bits per heavy atom. The van der Waals surface area contributed by atoms with Crippen LogP contribution in [0.15, 0.2) is 55.9 Å². The molecule has 4 aromatic rings. The van der Waals surface area contributed by atoms with Crippen molar-refractivity contribution in [3.8, 4) is 0 Å². The lowest BCUT2D eigenvalue weighted by Gasteiger charge is -2.10. The highest BCUT2D eigenvalue weighted by Gasteiger charge is 2.56. The molecule has 0 amide bonds. The molecule has 1 saturated carbocycles. The average molecular weight is 497 g/mol. The smallest absolute Gasteiger partial charge is 0.362 e. The summed E-state index contributed by atoms with van der Waals surface area (Å²) in [6.07, 6.45) is 1.55. The standard InChI is InChI=1S/C20H15ClF2N4O5S/c21-13-3-4-15(17-16(13)18(28)27(30)19(29)25-17)33(31,32)12-2-1-10-9-24-26(14(10)7-12)6-5-11-8-20(11,22)23/h1-4,7,9,11,30H,5-6,8H2,(H,25,29). The van der Waals surface area contributed by atoms with Gasteiger partial charge in [0.1, 0.15) is 0 Å². The van der Waals surface area contributed by atoms with Gasteiger partial charge in [0.15, 0.2) is 0 Å². The number of alkyl halides is 2. The number of rotatable bonds is 5. The molecule has 2 heterocycles. The third kappa shape index (κ3) is 3.40. The summed E-state index contributed by atoms with van der Waals surface area (Å²) in [4.78, 5) is 25.8. The Morgan fingerprint density at radius 2 is 1.97 bits per heavy atom. The van der Waals surface area contributed by atoms with Crippen LogP contribution in [0.5, 0.6) is 0 Å². The minimum atomic E-state index is -4.27. The third-order valence-corrected chi connectivity index (χ3v) is 7.92. The van der Waals surface area contributed by atoms with Gasteiger partial charge in [-0.2, -0.15) is 5.10 Å². The van der Waals surface area contributed by atoms with Crippen molar-refractivity contribution in [2.45, 2.75) is 35.1 Å². The number of aromatic nitrogens is 4.